The molecule has 1 amide bonds. The summed E-state index contributed by atoms with van der Waals surface area (Å²) in [6.07, 6.45) is 0. The van der Waals surface area contributed by atoms with Gasteiger partial charge in [0.2, 0.25) is 5.91 Å². The van der Waals surface area contributed by atoms with Gasteiger partial charge < -0.3 is 16.4 Å². The Hall–Kier alpha value is -2.49. The lowest BCUT2D eigenvalue weighted by Crippen LogP contribution is -2.06. The highest BCUT2D eigenvalue weighted by molar-refractivity contribution is 5.88. The second-order valence-electron chi connectivity index (χ2n) is 4.80. The molecule has 0 bridgehead atoms. The third-order valence-electron chi connectivity index (χ3n) is 3.04. The fourth-order valence-corrected chi connectivity index (χ4v) is 1.90. The third kappa shape index (κ3) is 3.75. The first-order valence-corrected chi connectivity index (χ1v) is 6.51. The minimum atomic E-state index is -0.0618. The normalized spacial score (nSPS) is 10.1. The molecule has 0 saturated carbocycles. The highest BCUT2D eigenvalue weighted by atomic mass is 16.1. The molecule has 4 nitrogen and oxygen atoms in total. The average Bonchev–Trinajstić information content (AvgIpc) is 2.41. The zero-order valence-electron chi connectivity index (χ0n) is 11.7. The number of amides is 1. The summed E-state index contributed by atoms with van der Waals surface area (Å²) in [7, 11) is 0. The van der Waals surface area contributed by atoms with Gasteiger partial charge in [0, 0.05) is 30.5 Å². The zero-order chi connectivity index (χ0) is 14.5. The molecule has 2 aromatic carbocycles. The molecule has 0 fully saturated rings. The monoisotopic (exact) mass is 269 g/mol. The van der Waals surface area contributed by atoms with Gasteiger partial charge in [0.05, 0.1) is 0 Å². The van der Waals surface area contributed by atoms with E-state index in [0.717, 1.165) is 34.7 Å². The molecule has 4 heteroatoms. The maximum atomic E-state index is 10.9. The van der Waals surface area contributed by atoms with E-state index in [1.165, 1.54) is 6.92 Å². The van der Waals surface area contributed by atoms with Crippen molar-refractivity contribution in [3.05, 3.63) is 53.6 Å². The SMILES string of the molecule is CC(=O)Nc1ccc(CNc2ccc(N)c(C)c2)cc1. The van der Waals surface area contributed by atoms with Crippen LogP contribution < -0.4 is 16.4 Å². The molecule has 0 heterocycles. The fraction of sp³-hybridized carbons (Fsp3) is 0.188. The molecule has 2 rings (SSSR count). The molecule has 104 valence electrons. The number of hydrogen-bond donors (Lipinski definition) is 3. The standard InChI is InChI=1S/C16H19N3O/c1-11-9-15(7-8-16(11)17)18-10-13-3-5-14(6-4-13)19-12(2)20/h3-9,18H,10,17H2,1-2H3,(H,19,20). The molecule has 20 heavy (non-hydrogen) atoms. The number of nitrogens with one attached hydrogen (secondary N) is 2. The van der Waals surface area contributed by atoms with Crippen LogP contribution in [0.5, 0.6) is 0 Å². The molecule has 0 aromatic heterocycles. The summed E-state index contributed by atoms with van der Waals surface area (Å²) in [5, 5.41) is 6.09. The molecule has 2 aromatic rings. The van der Waals surface area contributed by atoms with Crippen LogP contribution in [0.15, 0.2) is 42.5 Å². The number of aryl methyl sites for hydroxylation is 1. The molecule has 0 atom stereocenters. The molecule has 0 aliphatic rings. The lowest BCUT2D eigenvalue weighted by Gasteiger charge is -2.09. The Labute approximate surface area is 119 Å². The van der Waals surface area contributed by atoms with Crippen LogP contribution in [0.4, 0.5) is 17.1 Å². The maximum Gasteiger partial charge on any atom is 0.221 e. The lowest BCUT2D eigenvalue weighted by atomic mass is 10.1. The molecular formula is C16H19N3O. The first-order chi connectivity index (χ1) is 9.54. The number of nitrogens with two attached hydrogens (primary N) is 1. The average molecular weight is 269 g/mol. The van der Waals surface area contributed by atoms with Crippen LogP contribution in [0.3, 0.4) is 0 Å². The Morgan fingerprint density at radius 1 is 1.10 bits per heavy atom. The van der Waals surface area contributed by atoms with Crippen LogP contribution in [-0.4, -0.2) is 5.91 Å². The van der Waals surface area contributed by atoms with Gasteiger partial charge in [-0.2, -0.15) is 0 Å². The number of benzene rings is 2. The zero-order valence-corrected chi connectivity index (χ0v) is 11.7. The Balaban J connectivity index is 1.96. The highest BCUT2D eigenvalue weighted by Gasteiger charge is 1.99. The largest absolute Gasteiger partial charge is 0.399 e. The van der Waals surface area contributed by atoms with Crippen LogP contribution in [0.1, 0.15) is 18.1 Å². The van der Waals surface area contributed by atoms with E-state index in [0.29, 0.717) is 0 Å². The minimum Gasteiger partial charge on any atom is -0.399 e. The number of rotatable bonds is 4. The van der Waals surface area contributed by atoms with Gasteiger partial charge in [-0.25, -0.2) is 0 Å². The van der Waals surface area contributed by atoms with Crippen LogP contribution in [0.25, 0.3) is 0 Å². The van der Waals surface area contributed by atoms with Gasteiger partial charge in [0.15, 0.2) is 0 Å². The first kappa shape index (κ1) is 13.9. The third-order valence-corrected chi connectivity index (χ3v) is 3.04. The van der Waals surface area contributed by atoms with Crippen molar-refractivity contribution in [1.29, 1.82) is 0 Å². The lowest BCUT2D eigenvalue weighted by molar-refractivity contribution is -0.114. The van der Waals surface area contributed by atoms with Crippen molar-refractivity contribution in [3.63, 3.8) is 0 Å². The van der Waals surface area contributed by atoms with Crippen molar-refractivity contribution < 1.29 is 4.79 Å². The van der Waals surface area contributed by atoms with E-state index in [1.807, 2.05) is 49.4 Å². The van der Waals surface area contributed by atoms with Crippen LogP contribution in [0, 0.1) is 6.92 Å². The molecule has 0 aliphatic heterocycles. The molecule has 0 spiro atoms. The van der Waals surface area contributed by atoms with Crippen molar-refractivity contribution in [2.75, 3.05) is 16.4 Å². The number of anilines is 3. The van der Waals surface area contributed by atoms with Crippen molar-refractivity contribution in [2.24, 2.45) is 0 Å². The quantitative estimate of drug-likeness (QED) is 0.747. The van der Waals surface area contributed by atoms with E-state index in [4.69, 9.17) is 5.73 Å². The molecular weight excluding hydrogens is 250 g/mol. The highest BCUT2D eigenvalue weighted by Crippen LogP contribution is 2.17. The summed E-state index contributed by atoms with van der Waals surface area (Å²) in [6.45, 7) is 4.21. The van der Waals surface area contributed by atoms with Gasteiger partial charge in [-0.15, -0.1) is 0 Å². The van der Waals surface area contributed by atoms with E-state index in [1.54, 1.807) is 0 Å². The second kappa shape index (κ2) is 6.10. The van der Waals surface area contributed by atoms with Crippen molar-refractivity contribution in [1.82, 2.24) is 0 Å². The summed E-state index contributed by atoms with van der Waals surface area (Å²) in [4.78, 5) is 10.9. The fourth-order valence-electron chi connectivity index (χ4n) is 1.90. The maximum absolute atomic E-state index is 10.9. The summed E-state index contributed by atoms with van der Waals surface area (Å²) in [5.41, 5.74) is 10.7. The number of nitrogen functional groups attached to an aromatic ring is 1. The van der Waals surface area contributed by atoms with Crippen LogP contribution >= 0.6 is 0 Å². The van der Waals surface area contributed by atoms with Crippen molar-refractivity contribution in [2.45, 2.75) is 20.4 Å². The van der Waals surface area contributed by atoms with Crippen LogP contribution in [-0.2, 0) is 11.3 Å². The molecule has 0 aliphatic carbocycles. The Morgan fingerprint density at radius 2 is 1.75 bits per heavy atom. The smallest absolute Gasteiger partial charge is 0.221 e. The summed E-state index contributed by atoms with van der Waals surface area (Å²) >= 11 is 0. The number of carbonyl (C=O) groups excluding carboxylic acids is 1. The molecule has 4 N–H and O–H groups in total. The van der Waals surface area contributed by atoms with Gasteiger partial charge in [-0.05, 0) is 48.4 Å². The van der Waals surface area contributed by atoms with Crippen molar-refractivity contribution >= 4 is 23.0 Å². The minimum absolute atomic E-state index is 0.0618. The van der Waals surface area contributed by atoms with Gasteiger partial charge in [0.25, 0.3) is 0 Å². The molecule has 0 unspecified atom stereocenters. The van der Waals surface area contributed by atoms with E-state index in [9.17, 15) is 4.79 Å². The van der Waals surface area contributed by atoms with Gasteiger partial charge >= 0.3 is 0 Å². The topological polar surface area (TPSA) is 67.2 Å². The Morgan fingerprint density at radius 3 is 2.35 bits per heavy atom. The molecule has 0 radical (unpaired) electrons. The second-order valence-corrected chi connectivity index (χ2v) is 4.80. The Bertz CT molecular complexity index is 606. The predicted octanol–water partition coefficient (Wildman–Crippen LogP) is 3.15. The van der Waals surface area contributed by atoms with Crippen LogP contribution in [0.2, 0.25) is 0 Å². The summed E-state index contributed by atoms with van der Waals surface area (Å²) < 4.78 is 0. The van der Waals surface area contributed by atoms with Gasteiger partial charge in [-0.3, -0.25) is 4.79 Å². The number of carbonyl (C=O) groups is 1. The van der Waals surface area contributed by atoms with E-state index in [-0.39, 0.29) is 5.91 Å². The van der Waals surface area contributed by atoms with E-state index in [2.05, 4.69) is 10.6 Å². The number of hydrogen-bond acceptors (Lipinski definition) is 3. The summed E-state index contributed by atoms with van der Waals surface area (Å²) in [5.74, 6) is -0.0618. The van der Waals surface area contributed by atoms with E-state index < -0.39 is 0 Å². The van der Waals surface area contributed by atoms with E-state index >= 15 is 0 Å². The first-order valence-electron chi connectivity index (χ1n) is 6.51. The predicted molar refractivity (Wildman–Crippen MR) is 83.7 cm³/mol. The van der Waals surface area contributed by atoms with Crippen molar-refractivity contribution in [3.8, 4) is 0 Å². The van der Waals surface area contributed by atoms with Gasteiger partial charge in [-0.1, -0.05) is 12.1 Å². The van der Waals surface area contributed by atoms with Gasteiger partial charge in [0.1, 0.15) is 0 Å². The Kier molecular flexibility index (Phi) is 4.25. The molecule has 0 saturated heterocycles. The summed E-state index contributed by atoms with van der Waals surface area (Å²) in [6, 6.07) is 13.7.